The smallest absolute Gasteiger partial charge is 0.270 e. The number of rotatable bonds is 10. The lowest BCUT2D eigenvalue weighted by atomic mass is 9.83. The number of hydrogen-bond acceptors (Lipinski definition) is 16. The highest BCUT2D eigenvalue weighted by Gasteiger charge is 2.33. The largest absolute Gasteiger partial charge is 0.390 e. The van der Waals surface area contributed by atoms with Gasteiger partial charge in [-0.2, -0.15) is 0 Å². The van der Waals surface area contributed by atoms with E-state index in [1.807, 2.05) is 47.3 Å². The van der Waals surface area contributed by atoms with Crippen molar-refractivity contribution in [2.24, 2.45) is 0 Å². The summed E-state index contributed by atoms with van der Waals surface area (Å²) in [7, 11) is -6.96. The minimum absolute atomic E-state index is 0.00703. The number of carbonyl (C=O) groups is 2. The molecule has 0 unspecified atom stereocenters. The minimum atomic E-state index is -3.48. The van der Waals surface area contributed by atoms with Crippen molar-refractivity contribution in [3.8, 4) is 0 Å². The number of aliphatic hydroxyl groups is 2. The second kappa shape index (κ2) is 21.0. The standard InChI is InChI=1S/2C24H32FN5O4S/c2*1-16-15-29(21-5-4-18(14-19(21)25)35(3,33)34)12-13-30(16)23-26-11-8-20(28-23)22(31)27-17-6-9-24(2,32)10-7-17/h2*4-5,8,11,14,16-17,32H,6-7,9-10,12-13,15H2,1-3H3,(H,27,31)/t2*16-,17?,24?/m11/s1. The van der Waals surface area contributed by atoms with E-state index >= 15 is 0 Å². The number of halogens is 2. The molecule has 4 heterocycles. The summed E-state index contributed by atoms with van der Waals surface area (Å²) in [6.45, 7) is 10.5. The molecule has 0 bridgehead atoms. The molecule has 2 atom stereocenters. The zero-order valence-electron chi connectivity index (χ0n) is 40.5. The molecule has 4 aromatic rings. The number of sulfone groups is 2. The van der Waals surface area contributed by atoms with E-state index in [1.165, 1.54) is 24.3 Å². The summed E-state index contributed by atoms with van der Waals surface area (Å²) in [5.41, 5.74) is -0.0666. The fourth-order valence-electron chi connectivity index (χ4n) is 9.41. The molecule has 22 heteroatoms. The van der Waals surface area contributed by atoms with Crippen molar-refractivity contribution in [1.82, 2.24) is 30.6 Å². The van der Waals surface area contributed by atoms with Crippen molar-refractivity contribution in [2.45, 2.75) is 124 Å². The SMILES string of the molecule is C[C@@H]1CN(c2ccc(S(C)(=O)=O)cc2F)CCN1c1nccc(C(=O)NC2CCC(C)(O)CC2)n1.C[C@@H]1CN(c2ccc(S(C)(=O)=O)cc2F)CCN1c1nccc(C(=O)NC2CCC(C)(O)CC2)n1. The van der Waals surface area contributed by atoms with Crippen LogP contribution in [0.1, 0.15) is 100 Å². The van der Waals surface area contributed by atoms with Gasteiger partial charge in [-0.25, -0.2) is 45.6 Å². The molecule has 2 aliphatic carbocycles. The molecule has 4 N–H and O–H groups in total. The normalized spacial score (nSPS) is 25.4. The van der Waals surface area contributed by atoms with Crippen molar-refractivity contribution in [2.75, 3.05) is 71.4 Å². The number of aromatic nitrogens is 4. The highest BCUT2D eigenvalue weighted by Crippen LogP contribution is 2.31. The number of hydrogen-bond donors (Lipinski definition) is 4. The minimum Gasteiger partial charge on any atom is -0.390 e. The third-order valence-corrected chi connectivity index (χ3v) is 15.9. The van der Waals surface area contributed by atoms with Crippen LogP contribution in [0.25, 0.3) is 0 Å². The summed E-state index contributed by atoms with van der Waals surface area (Å²) in [5, 5.41) is 26.3. The molecule has 2 amide bonds. The first kappa shape index (κ1) is 52.2. The third kappa shape index (κ3) is 13.0. The van der Waals surface area contributed by atoms with E-state index in [0.717, 1.165) is 50.3 Å². The Morgan fingerprint density at radius 3 is 1.29 bits per heavy atom. The summed E-state index contributed by atoms with van der Waals surface area (Å²) < 4.78 is 76.2. The first-order valence-electron chi connectivity index (χ1n) is 23.6. The summed E-state index contributed by atoms with van der Waals surface area (Å²) in [6.07, 6.45) is 10.7. The van der Waals surface area contributed by atoms with Gasteiger partial charge in [0, 0.05) is 88.3 Å². The zero-order chi connectivity index (χ0) is 50.8. The highest BCUT2D eigenvalue weighted by molar-refractivity contribution is 7.91. The quantitative estimate of drug-likeness (QED) is 0.173. The molecular formula is C48H64F2N10O8S2. The number of carbonyl (C=O) groups excluding carboxylic acids is 2. The molecule has 4 aliphatic rings. The molecule has 4 fully saturated rings. The second-order valence-corrected chi connectivity index (χ2v) is 23.8. The van der Waals surface area contributed by atoms with Gasteiger partial charge in [0.05, 0.1) is 32.4 Å². The molecule has 0 spiro atoms. The Hall–Kier alpha value is -5.58. The van der Waals surface area contributed by atoms with Crippen LogP contribution in [0, 0.1) is 11.6 Å². The number of amides is 2. The van der Waals surface area contributed by atoms with Crippen LogP contribution >= 0.6 is 0 Å². The molecule has 70 heavy (non-hydrogen) atoms. The van der Waals surface area contributed by atoms with E-state index < -0.39 is 42.5 Å². The summed E-state index contributed by atoms with van der Waals surface area (Å²) in [6, 6.07) is 11.0. The van der Waals surface area contributed by atoms with E-state index in [-0.39, 0.29) is 57.2 Å². The molecule has 2 aromatic heterocycles. The first-order chi connectivity index (χ1) is 32.9. The Labute approximate surface area is 408 Å². The van der Waals surface area contributed by atoms with Gasteiger partial charge in [-0.05, 0) is 128 Å². The monoisotopic (exact) mass is 1010 g/mol. The van der Waals surface area contributed by atoms with Gasteiger partial charge in [0.15, 0.2) is 19.7 Å². The molecule has 0 radical (unpaired) electrons. The van der Waals surface area contributed by atoms with Crippen molar-refractivity contribution < 1.29 is 45.4 Å². The molecule has 2 saturated carbocycles. The maximum atomic E-state index is 14.7. The average molecular weight is 1010 g/mol. The fraction of sp³-hybridized carbons (Fsp3) is 0.542. The summed E-state index contributed by atoms with van der Waals surface area (Å²) in [4.78, 5) is 50.9. The molecule has 2 saturated heterocycles. The molecule has 2 aromatic carbocycles. The predicted octanol–water partition coefficient (Wildman–Crippen LogP) is 4.32. The maximum Gasteiger partial charge on any atom is 0.270 e. The van der Waals surface area contributed by atoms with Gasteiger partial charge in [-0.3, -0.25) is 9.59 Å². The fourth-order valence-corrected chi connectivity index (χ4v) is 10.7. The summed E-state index contributed by atoms with van der Waals surface area (Å²) >= 11 is 0. The van der Waals surface area contributed by atoms with Gasteiger partial charge in [0.25, 0.3) is 11.8 Å². The van der Waals surface area contributed by atoms with E-state index in [0.29, 0.717) is 88.2 Å². The molecular weight excluding hydrogens is 947 g/mol. The van der Waals surface area contributed by atoms with Crippen LogP contribution in [0.3, 0.4) is 0 Å². The van der Waals surface area contributed by atoms with E-state index in [1.54, 1.807) is 24.5 Å². The Balaban J connectivity index is 0.000000206. The van der Waals surface area contributed by atoms with Crippen molar-refractivity contribution >= 4 is 54.8 Å². The van der Waals surface area contributed by atoms with Gasteiger partial charge in [-0.15, -0.1) is 0 Å². The van der Waals surface area contributed by atoms with Gasteiger partial charge in [-0.1, -0.05) is 0 Å². The lowest BCUT2D eigenvalue weighted by molar-refractivity contribution is 0.0138. The number of nitrogens with one attached hydrogen (secondary N) is 2. The number of benzene rings is 2. The maximum absolute atomic E-state index is 14.7. The van der Waals surface area contributed by atoms with Crippen LogP contribution in [-0.4, -0.2) is 146 Å². The molecule has 8 rings (SSSR count). The number of anilines is 4. The number of nitrogens with zero attached hydrogens (tertiary/aromatic N) is 8. The third-order valence-electron chi connectivity index (χ3n) is 13.7. The molecule has 2 aliphatic heterocycles. The van der Waals surface area contributed by atoms with E-state index in [2.05, 4.69) is 30.6 Å². The van der Waals surface area contributed by atoms with Crippen LogP contribution in [0.5, 0.6) is 0 Å². The zero-order valence-corrected chi connectivity index (χ0v) is 42.1. The highest BCUT2D eigenvalue weighted by atomic mass is 32.2. The first-order valence-corrected chi connectivity index (χ1v) is 27.4. The number of piperazine rings is 2. The van der Waals surface area contributed by atoms with Gasteiger partial charge < -0.3 is 40.4 Å². The Morgan fingerprint density at radius 2 is 0.971 bits per heavy atom. The Kier molecular flexibility index (Phi) is 15.7. The lowest BCUT2D eigenvalue weighted by Crippen LogP contribution is -2.53. The Morgan fingerprint density at radius 1 is 0.614 bits per heavy atom. The topological polar surface area (TPSA) is 231 Å². The van der Waals surface area contributed by atoms with E-state index in [4.69, 9.17) is 0 Å². The van der Waals surface area contributed by atoms with Crippen LogP contribution in [0.2, 0.25) is 0 Å². The Bertz CT molecular complexity index is 2580. The average Bonchev–Trinajstić information content (AvgIpc) is 3.30. The van der Waals surface area contributed by atoms with Crippen molar-refractivity contribution in [3.05, 3.63) is 83.9 Å². The molecule has 18 nitrogen and oxygen atoms in total. The second-order valence-electron chi connectivity index (χ2n) is 19.7. The van der Waals surface area contributed by atoms with Crippen LogP contribution in [0.15, 0.2) is 70.7 Å². The van der Waals surface area contributed by atoms with Crippen LogP contribution < -0.4 is 30.2 Å². The molecule has 380 valence electrons. The van der Waals surface area contributed by atoms with Crippen LogP contribution in [0.4, 0.5) is 32.1 Å². The van der Waals surface area contributed by atoms with Crippen LogP contribution in [-0.2, 0) is 19.7 Å². The van der Waals surface area contributed by atoms with Gasteiger partial charge in [0.2, 0.25) is 11.9 Å². The van der Waals surface area contributed by atoms with Crippen molar-refractivity contribution in [3.63, 3.8) is 0 Å². The predicted molar refractivity (Wildman–Crippen MR) is 262 cm³/mol. The van der Waals surface area contributed by atoms with Gasteiger partial charge in [0.1, 0.15) is 23.0 Å². The van der Waals surface area contributed by atoms with E-state index in [9.17, 15) is 45.4 Å². The van der Waals surface area contributed by atoms with Crippen molar-refractivity contribution in [1.29, 1.82) is 0 Å². The lowest BCUT2D eigenvalue weighted by Gasteiger charge is -2.41. The van der Waals surface area contributed by atoms with Gasteiger partial charge >= 0.3 is 0 Å². The summed E-state index contributed by atoms with van der Waals surface area (Å²) in [5.74, 6) is -0.812.